The molecule has 25 heavy (non-hydrogen) atoms. The number of hydrogen-bond donors (Lipinski definition) is 6. The normalized spacial score (nSPS) is 23.6. The van der Waals surface area contributed by atoms with Crippen LogP contribution in [0.5, 0.6) is 0 Å². The number of carbonyl (C=O) groups excluding carboxylic acids is 1. The number of aliphatic hydroxyl groups excluding tert-OH is 5. The summed E-state index contributed by atoms with van der Waals surface area (Å²) in [5.74, 6) is -0.756. The molecule has 0 spiro atoms. The van der Waals surface area contributed by atoms with Crippen LogP contribution in [0.25, 0.3) is 0 Å². The fourth-order valence-corrected chi connectivity index (χ4v) is 3.27. The highest BCUT2D eigenvalue weighted by Gasteiger charge is 2.34. The van der Waals surface area contributed by atoms with Crippen LogP contribution in [0.4, 0.5) is 0 Å². The third-order valence-electron chi connectivity index (χ3n) is 4.97. The molecule has 1 aliphatic carbocycles. The second-order valence-corrected chi connectivity index (χ2v) is 7.14. The number of hydrogen-bond acceptors (Lipinski definition) is 6. The van der Waals surface area contributed by atoms with Gasteiger partial charge >= 0.3 is 0 Å². The van der Waals surface area contributed by atoms with Crippen molar-refractivity contribution in [3.05, 3.63) is 0 Å². The lowest BCUT2D eigenvalue weighted by Crippen LogP contribution is -2.53. The summed E-state index contributed by atoms with van der Waals surface area (Å²) in [6.07, 6.45) is 5.04. The van der Waals surface area contributed by atoms with E-state index in [0.29, 0.717) is 0 Å². The van der Waals surface area contributed by atoms with Gasteiger partial charge in [-0.15, -0.1) is 0 Å². The Bertz CT molecular complexity index is 355. The highest BCUT2D eigenvalue weighted by Crippen LogP contribution is 2.17. The van der Waals surface area contributed by atoms with Crippen molar-refractivity contribution in [2.75, 3.05) is 6.61 Å². The van der Waals surface area contributed by atoms with Gasteiger partial charge in [0.25, 0.3) is 5.91 Å². The maximum Gasteiger partial charge on any atom is 0.251 e. The van der Waals surface area contributed by atoms with Crippen LogP contribution < -0.4 is 5.32 Å². The summed E-state index contributed by atoms with van der Waals surface area (Å²) in [6.45, 7) is -0.769. The Morgan fingerprint density at radius 2 is 1.24 bits per heavy atom. The largest absolute Gasteiger partial charge is 0.394 e. The molecule has 0 unspecified atom stereocenters. The zero-order chi connectivity index (χ0) is 18.7. The van der Waals surface area contributed by atoms with Gasteiger partial charge in [0, 0.05) is 6.04 Å². The molecule has 0 heterocycles. The third-order valence-corrected chi connectivity index (χ3v) is 4.97. The fraction of sp³-hybridized carbons (Fsp3) is 0.944. The Kier molecular flexibility index (Phi) is 11.2. The molecule has 1 fully saturated rings. The minimum absolute atomic E-state index is 0.0614. The van der Waals surface area contributed by atoms with E-state index >= 15 is 0 Å². The molecule has 0 aromatic rings. The number of amides is 1. The SMILES string of the molecule is O=C(NC1CCCCCCCCCCC1)[C@H](O)[C@@H](O)[C@H](O)[C@H](O)CO. The van der Waals surface area contributed by atoms with Crippen LogP contribution in [0, 0.1) is 0 Å². The van der Waals surface area contributed by atoms with E-state index in [-0.39, 0.29) is 6.04 Å². The molecule has 1 rings (SSSR count). The summed E-state index contributed by atoms with van der Waals surface area (Å²) in [5.41, 5.74) is 0. The minimum atomic E-state index is -1.85. The van der Waals surface area contributed by atoms with Gasteiger partial charge in [0.1, 0.15) is 18.3 Å². The second kappa shape index (κ2) is 12.6. The first-order valence-electron chi connectivity index (χ1n) is 9.61. The van der Waals surface area contributed by atoms with Crippen molar-refractivity contribution in [3.8, 4) is 0 Å². The molecule has 0 aromatic heterocycles. The van der Waals surface area contributed by atoms with Crippen LogP contribution in [-0.2, 0) is 4.79 Å². The van der Waals surface area contributed by atoms with Gasteiger partial charge in [-0.1, -0.05) is 57.8 Å². The van der Waals surface area contributed by atoms with Crippen molar-refractivity contribution in [2.45, 2.75) is 101 Å². The van der Waals surface area contributed by atoms with Crippen LogP contribution in [-0.4, -0.2) is 68.5 Å². The maximum absolute atomic E-state index is 12.2. The lowest BCUT2D eigenvalue weighted by molar-refractivity contribution is -0.149. The highest BCUT2D eigenvalue weighted by molar-refractivity contribution is 5.81. The molecule has 0 bridgehead atoms. The standard InChI is InChI=1S/C18H35NO6/c20-12-14(21)15(22)16(23)17(24)18(25)19-13-10-8-6-4-2-1-3-5-7-9-11-13/h13-17,20-24H,1-12H2,(H,19,25)/t14-,15-,16+,17-/m1/s1. The molecule has 1 amide bonds. The zero-order valence-electron chi connectivity index (χ0n) is 15.0. The molecule has 0 aromatic carbocycles. The Morgan fingerprint density at radius 3 is 1.68 bits per heavy atom. The average Bonchev–Trinajstić information content (AvgIpc) is 2.61. The van der Waals surface area contributed by atoms with Gasteiger partial charge < -0.3 is 30.8 Å². The monoisotopic (exact) mass is 361 g/mol. The molecule has 1 saturated carbocycles. The first-order chi connectivity index (χ1) is 12.0. The molecule has 1 aliphatic rings. The summed E-state index contributed by atoms with van der Waals surface area (Å²) in [7, 11) is 0. The van der Waals surface area contributed by atoms with Gasteiger partial charge in [0.15, 0.2) is 6.10 Å². The van der Waals surface area contributed by atoms with Gasteiger partial charge in [-0.2, -0.15) is 0 Å². The summed E-state index contributed by atoms with van der Waals surface area (Å²) in [5, 5.41) is 50.2. The van der Waals surface area contributed by atoms with Crippen molar-refractivity contribution in [2.24, 2.45) is 0 Å². The third kappa shape index (κ3) is 8.46. The molecule has 6 N–H and O–H groups in total. The molecule has 4 atom stereocenters. The van der Waals surface area contributed by atoms with E-state index in [9.17, 15) is 25.2 Å². The topological polar surface area (TPSA) is 130 Å². The minimum Gasteiger partial charge on any atom is -0.394 e. The summed E-state index contributed by atoms with van der Waals surface area (Å²) in [4.78, 5) is 12.2. The van der Waals surface area contributed by atoms with E-state index in [1.165, 1.54) is 32.1 Å². The smallest absolute Gasteiger partial charge is 0.251 e. The zero-order valence-corrected chi connectivity index (χ0v) is 15.0. The highest BCUT2D eigenvalue weighted by atomic mass is 16.4. The van der Waals surface area contributed by atoms with Crippen molar-refractivity contribution < 1.29 is 30.3 Å². The Hall–Kier alpha value is -0.730. The summed E-state index contributed by atoms with van der Waals surface area (Å²) >= 11 is 0. The van der Waals surface area contributed by atoms with Gasteiger partial charge in [-0.05, 0) is 12.8 Å². The van der Waals surface area contributed by atoms with Crippen molar-refractivity contribution in [1.82, 2.24) is 5.32 Å². The van der Waals surface area contributed by atoms with Gasteiger partial charge in [-0.3, -0.25) is 4.79 Å². The van der Waals surface area contributed by atoms with E-state index in [1.807, 2.05) is 0 Å². The van der Waals surface area contributed by atoms with Crippen molar-refractivity contribution in [1.29, 1.82) is 0 Å². The maximum atomic E-state index is 12.2. The van der Waals surface area contributed by atoms with Crippen LogP contribution in [0.1, 0.15) is 70.6 Å². The van der Waals surface area contributed by atoms with Crippen LogP contribution >= 0.6 is 0 Å². The molecule has 0 aliphatic heterocycles. The number of rotatable bonds is 6. The van der Waals surface area contributed by atoms with Crippen LogP contribution in [0.2, 0.25) is 0 Å². The number of carbonyl (C=O) groups is 1. The molecule has 7 nitrogen and oxygen atoms in total. The van der Waals surface area contributed by atoms with Crippen molar-refractivity contribution >= 4 is 5.91 Å². The van der Waals surface area contributed by atoms with E-state index < -0.39 is 36.9 Å². The van der Waals surface area contributed by atoms with E-state index in [2.05, 4.69) is 5.32 Å². The van der Waals surface area contributed by atoms with E-state index in [0.717, 1.165) is 38.5 Å². The molecular formula is C18H35NO6. The average molecular weight is 361 g/mol. The molecule has 7 heteroatoms. The fourth-order valence-electron chi connectivity index (χ4n) is 3.27. The molecule has 0 radical (unpaired) electrons. The van der Waals surface area contributed by atoms with Crippen LogP contribution in [0.15, 0.2) is 0 Å². The second-order valence-electron chi connectivity index (χ2n) is 7.14. The molecular weight excluding hydrogens is 326 g/mol. The number of nitrogens with one attached hydrogen (secondary N) is 1. The first kappa shape index (κ1) is 22.3. The first-order valence-corrected chi connectivity index (χ1v) is 9.61. The van der Waals surface area contributed by atoms with Crippen molar-refractivity contribution in [3.63, 3.8) is 0 Å². The van der Waals surface area contributed by atoms with Gasteiger partial charge in [-0.25, -0.2) is 0 Å². The molecule has 0 saturated heterocycles. The van der Waals surface area contributed by atoms with Gasteiger partial charge in [0.05, 0.1) is 6.61 Å². The number of aliphatic hydroxyl groups is 5. The lowest BCUT2D eigenvalue weighted by Gasteiger charge is -2.27. The lowest BCUT2D eigenvalue weighted by atomic mass is 9.97. The summed E-state index contributed by atoms with van der Waals surface area (Å²) < 4.78 is 0. The Balaban J connectivity index is 2.51. The Labute approximate surface area is 150 Å². The predicted octanol–water partition coefficient (Wildman–Crippen LogP) is 0.212. The quantitative estimate of drug-likeness (QED) is 0.401. The van der Waals surface area contributed by atoms with E-state index in [1.54, 1.807) is 0 Å². The van der Waals surface area contributed by atoms with Crippen LogP contribution in [0.3, 0.4) is 0 Å². The van der Waals surface area contributed by atoms with E-state index in [4.69, 9.17) is 5.11 Å². The van der Waals surface area contributed by atoms with Gasteiger partial charge in [0.2, 0.25) is 0 Å². The molecule has 148 valence electrons. The Morgan fingerprint density at radius 1 is 0.800 bits per heavy atom. The predicted molar refractivity (Wildman–Crippen MR) is 93.8 cm³/mol. The summed E-state index contributed by atoms with van der Waals surface area (Å²) in [6, 6.07) is -0.0614.